The number of nitrogens with zero attached hydrogens (tertiary/aromatic N) is 2. The van der Waals surface area contributed by atoms with Crippen molar-refractivity contribution in [1.82, 2.24) is 9.78 Å². The van der Waals surface area contributed by atoms with Gasteiger partial charge >= 0.3 is 0 Å². The number of aryl methyl sites for hydroxylation is 1. The van der Waals surface area contributed by atoms with Crippen LogP contribution in [-0.2, 0) is 22.1 Å². The van der Waals surface area contributed by atoms with Crippen molar-refractivity contribution in [3.8, 4) is 0 Å². The maximum absolute atomic E-state index is 5.94. The molecule has 1 saturated carbocycles. The van der Waals surface area contributed by atoms with Gasteiger partial charge in [0.25, 0.3) is 0 Å². The molecule has 17 heavy (non-hydrogen) atoms. The van der Waals surface area contributed by atoms with Gasteiger partial charge in [0, 0.05) is 19.3 Å². The van der Waals surface area contributed by atoms with Crippen LogP contribution in [0.1, 0.15) is 37.6 Å². The molecule has 0 atom stereocenters. The van der Waals surface area contributed by atoms with E-state index >= 15 is 0 Å². The van der Waals surface area contributed by atoms with Gasteiger partial charge in [0.1, 0.15) is 18.1 Å². The Labute approximate surface area is 116 Å². The van der Waals surface area contributed by atoms with Gasteiger partial charge in [0.2, 0.25) is 0 Å². The van der Waals surface area contributed by atoms with Crippen molar-refractivity contribution in [1.29, 1.82) is 0 Å². The molecule has 1 aliphatic carbocycles. The van der Waals surface area contributed by atoms with Crippen LogP contribution >= 0.6 is 22.6 Å². The van der Waals surface area contributed by atoms with E-state index in [-0.39, 0.29) is 5.60 Å². The first kappa shape index (κ1) is 13.3. The summed E-state index contributed by atoms with van der Waals surface area (Å²) in [7, 11) is 1.98. The van der Waals surface area contributed by atoms with E-state index in [9.17, 15) is 0 Å². The Kier molecular flexibility index (Phi) is 4.10. The molecular weight excluding hydrogens is 331 g/mol. The first-order valence-electron chi connectivity index (χ1n) is 6.02. The zero-order chi connectivity index (χ0) is 12.5. The molecule has 1 heterocycles. The van der Waals surface area contributed by atoms with Crippen LogP contribution in [0.3, 0.4) is 0 Å². The molecule has 2 rings (SSSR count). The zero-order valence-corrected chi connectivity index (χ0v) is 12.8. The summed E-state index contributed by atoms with van der Waals surface area (Å²) in [5.74, 6) is 0. The average Bonchev–Trinajstić information content (AvgIpc) is 2.51. The van der Waals surface area contributed by atoms with Crippen LogP contribution in [0.2, 0.25) is 0 Å². The summed E-state index contributed by atoms with van der Waals surface area (Å²) in [6.07, 6.45) is 3.30. The maximum atomic E-state index is 5.94. The smallest absolute Gasteiger partial charge is 0.147 e. The normalized spacial score (nSPS) is 18.1. The summed E-state index contributed by atoms with van der Waals surface area (Å²) in [5.41, 5.74) is 2.09. The molecule has 0 spiro atoms. The third-order valence-electron chi connectivity index (χ3n) is 3.48. The largest absolute Gasteiger partial charge is 0.356 e. The monoisotopic (exact) mass is 350 g/mol. The Morgan fingerprint density at radius 2 is 2.18 bits per heavy atom. The molecule has 96 valence electrons. The summed E-state index contributed by atoms with van der Waals surface area (Å²) in [4.78, 5) is 0. The highest BCUT2D eigenvalue weighted by atomic mass is 127. The van der Waals surface area contributed by atoms with E-state index in [0.717, 1.165) is 18.5 Å². The Morgan fingerprint density at radius 3 is 2.59 bits per heavy atom. The topological polar surface area (TPSA) is 36.3 Å². The van der Waals surface area contributed by atoms with Gasteiger partial charge in [-0.05, 0) is 55.7 Å². The van der Waals surface area contributed by atoms with Crippen molar-refractivity contribution in [2.24, 2.45) is 7.05 Å². The lowest BCUT2D eigenvalue weighted by atomic mass is 9.77. The summed E-state index contributed by atoms with van der Waals surface area (Å²) in [5, 5.41) is 4.61. The zero-order valence-electron chi connectivity index (χ0n) is 10.6. The van der Waals surface area contributed by atoms with Gasteiger partial charge in [0.05, 0.1) is 3.57 Å². The van der Waals surface area contributed by atoms with Crippen molar-refractivity contribution < 1.29 is 9.47 Å². The second-order valence-electron chi connectivity index (χ2n) is 4.47. The maximum Gasteiger partial charge on any atom is 0.147 e. The van der Waals surface area contributed by atoms with Crippen LogP contribution in [0.4, 0.5) is 0 Å². The predicted molar refractivity (Wildman–Crippen MR) is 73.8 cm³/mol. The van der Waals surface area contributed by atoms with Crippen LogP contribution in [-0.4, -0.2) is 23.2 Å². The van der Waals surface area contributed by atoms with Gasteiger partial charge in [-0.2, -0.15) is 5.10 Å². The lowest BCUT2D eigenvalue weighted by Crippen LogP contribution is -2.39. The molecule has 5 heteroatoms. The molecule has 1 aromatic heterocycles. The van der Waals surface area contributed by atoms with Crippen molar-refractivity contribution in [3.63, 3.8) is 0 Å². The van der Waals surface area contributed by atoms with Crippen LogP contribution in [0, 0.1) is 10.5 Å². The quantitative estimate of drug-likeness (QED) is 0.466. The van der Waals surface area contributed by atoms with Gasteiger partial charge < -0.3 is 9.47 Å². The number of ether oxygens (including phenoxy) is 2. The van der Waals surface area contributed by atoms with Crippen LogP contribution in [0.15, 0.2) is 0 Å². The lowest BCUT2D eigenvalue weighted by molar-refractivity contribution is -0.181. The lowest BCUT2D eigenvalue weighted by Gasteiger charge is -2.40. The molecule has 0 N–H and O–H groups in total. The molecule has 1 fully saturated rings. The molecule has 0 bridgehead atoms. The van der Waals surface area contributed by atoms with E-state index in [1.807, 2.05) is 18.7 Å². The second kappa shape index (κ2) is 5.24. The van der Waals surface area contributed by atoms with E-state index in [0.29, 0.717) is 13.4 Å². The fourth-order valence-corrected chi connectivity index (χ4v) is 3.01. The third kappa shape index (κ3) is 2.37. The Morgan fingerprint density at radius 1 is 1.47 bits per heavy atom. The molecule has 1 aromatic rings. The molecule has 0 unspecified atom stereocenters. The minimum atomic E-state index is -0.197. The highest BCUT2D eigenvalue weighted by Crippen LogP contribution is 2.46. The summed E-state index contributed by atoms with van der Waals surface area (Å²) >= 11 is 2.37. The first-order chi connectivity index (χ1) is 8.10. The van der Waals surface area contributed by atoms with Crippen molar-refractivity contribution in [2.75, 3.05) is 13.4 Å². The van der Waals surface area contributed by atoms with Crippen LogP contribution in [0.25, 0.3) is 0 Å². The summed E-state index contributed by atoms with van der Waals surface area (Å²) in [6, 6.07) is 0. The number of rotatable bonds is 5. The first-order valence-corrected chi connectivity index (χ1v) is 7.10. The Bertz CT molecular complexity index is 399. The van der Waals surface area contributed by atoms with Gasteiger partial charge in [0.15, 0.2) is 0 Å². The molecule has 0 aromatic carbocycles. The molecule has 4 nitrogen and oxygen atoms in total. The van der Waals surface area contributed by atoms with Gasteiger partial charge in [-0.3, -0.25) is 4.68 Å². The summed E-state index contributed by atoms with van der Waals surface area (Å²) < 4.78 is 14.4. The predicted octanol–water partition coefficient (Wildman–Crippen LogP) is 2.72. The van der Waals surface area contributed by atoms with Crippen LogP contribution < -0.4 is 0 Å². The van der Waals surface area contributed by atoms with Crippen LogP contribution in [0.5, 0.6) is 0 Å². The number of hydrogen-bond acceptors (Lipinski definition) is 3. The van der Waals surface area contributed by atoms with Crippen molar-refractivity contribution >= 4 is 22.6 Å². The third-order valence-corrected chi connectivity index (χ3v) is 4.77. The number of aromatic nitrogens is 2. The van der Waals surface area contributed by atoms with E-state index < -0.39 is 0 Å². The van der Waals surface area contributed by atoms with E-state index in [1.165, 1.54) is 15.7 Å². The minimum Gasteiger partial charge on any atom is -0.356 e. The molecule has 0 amide bonds. The van der Waals surface area contributed by atoms with Gasteiger partial charge in [-0.1, -0.05) is 0 Å². The molecule has 0 aliphatic heterocycles. The summed E-state index contributed by atoms with van der Waals surface area (Å²) in [6.45, 7) is 5.12. The average molecular weight is 350 g/mol. The highest BCUT2D eigenvalue weighted by Gasteiger charge is 2.44. The molecule has 0 radical (unpaired) electrons. The van der Waals surface area contributed by atoms with Gasteiger partial charge in [-0.15, -0.1) is 0 Å². The molecule has 1 aliphatic rings. The SMILES string of the molecule is CCOCOC1(c2nn(C)c(C)c2I)CCC1. The van der Waals surface area contributed by atoms with E-state index in [2.05, 4.69) is 34.6 Å². The van der Waals surface area contributed by atoms with E-state index in [4.69, 9.17) is 9.47 Å². The number of hydrogen-bond donors (Lipinski definition) is 0. The van der Waals surface area contributed by atoms with Gasteiger partial charge in [-0.25, -0.2) is 0 Å². The fourth-order valence-electron chi connectivity index (χ4n) is 2.06. The molecule has 0 saturated heterocycles. The van der Waals surface area contributed by atoms with E-state index in [1.54, 1.807) is 0 Å². The Hall–Kier alpha value is -0.140. The number of halogens is 1. The highest BCUT2D eigenvalue weighted by molar-refractivity contribution is 14.1. The minimum absolute atomic E-state index is 0.197. The van der Waals surface area contributed by atoms with Crippen molar-refractivity contribution in [3.05, 3.63) is 15.0 Å². The molecular formula is C12H19IN2O2. The fraction of sp³-hybridized carbons (Fsp3) is 0.750. The van der Waals surface area contributed by atoms with Crippen molar-refractivity contribution in [2.45, 2.75) is 38.7 Å². The standard InChI is InChI=1S/C12H19IN2O2/c1-4-16-8-17-12(6-5-7-12)11-10(13)9(2)15(3)14-11/h4-8H2,1-3H3. The Balaban J connectivity index is 2.19. The second-order valence-corrected chi connectivity index (χ2v) is 5.55.